The smallest absolute Gasteiger partial charge is 0.227 e. The average Bonchev–Trinajstić information content (AvgIpc) is 3.41. The van der Waals surface area contributed by atoms with E-state index in [2.05, 4.69) is 0 Å². The van der Waals surface area contributed by atoms with Gasteiger partial charge in [-0.25, -0.2) is 0 Å². The zero-order valence-electron chi connectivity index (χ0n) is 14.2. The quantitative estimate of drug-likeness (QED) is 0.437. The van der Waals surface area contributed by atoms with Crippen LogP contribution >= 0.6 is 7.37 Å². The summed E-state index contributed by atoms with van der Waals surface area (Å²) in [5.41, 5.74) is 1.89. The molecule has 3 fully saturated rings. The molecule has 7 nitrogen and oxygen atoms in total. The van der Waals surface area contributed by atoms with Gasteiger partial charge in [0, 0.05) is 57.7 Å². The molecule has 0 aromatic heterocycles. The molecule has 0 aromatic carbocycles. The summed E-state index contributed by atoms with van der Waals surface area (Å²) in [5, 5.41) is 0. The van der Waals surface area contributed by atoms with E-state index in [0.717, 1.165) is 39.3 Å². The molecule has 0 radical (unpaired) electrons. The van der Waals surface area contributed by atoms with E-state index in [-0.39, 0.29) is 11.6 Å². The van der Waals surface area contributed by atoms with Gasteiger partial charge in [0.15, 0.2) is 7.37 Å². The first-order valence-corrected chi connectivity index (χ1v) is 10.5. The Labute approximate surface area is 142 Å². The molecule has 0 spiro atoms. The van der Waals surface area contributed by atoms with Crippen molar-refractivity contribution in [2.75, 3.05) is 51.6 Å². The van der Waals surface area contributed by atoms with Crippen LogP contribution in [0.1, 0.15) is 13.8 Å². The molecule has 4 aliphatic rings. The topological polar surface area (TPSA) is 80.5 Å². The number of carbonyl (C=O) groups excluding carboxylic acids is 2. The van der Waals surface area contributed by atoms with Crippen LogP contribution in [0.25, 0.3) is 0 Å². The summed E-state index contributed by atoms with van der Waals surface area (Å²) < 4.78 is 10.5. The molecular weight excluding hydrogens is 329 g/mol. The molecule has 24 heavy (non-hydrogen) atoms. The number of Topliss-reactive ketones (excluding diaryl/α,β-unsaturated/α-hetero) is 1. The fraction of sp³-hybridized carbons (Fsp3) is 0.625. The Hall–Kier alpha value is -1.59. The second-order valence-corrected chi connectivity index (χ2v) is 9.32. The molecule has 1 N–H and O–H groups in total. The van der Waals surface area contributed by atoms with E-state index in [4.69, 9.17) is 4.89 Å². The van der Waals surface area contributed by atoms with Gasteiger partial charge in [-0.1, -0.05) is 13.8 Å². The average molecular weight is 353 g/mol. The van der Waals surface area contributed by atoms with Gasteiger partial charge in [-0.2, -0.15) is 0 Å². The van der Waals surface area contributed by atoms with Gasteiger partial charge in [-0.15, -0.1) is 0 Å². The minimum atomic E-state index is -2.65. The number of ketones is 2. The number of carbonyl (C=O) groups is 2. The van der Waals surface area contributed by atoms with Gasteiger partial charge >= 0.3 is 0 Å². The maximum Gasteiger partial charge on any atom is 0.227 e. The van der Waals surface area contributed by atoms with Crippen molar-refractivity contribution in [3.8, 4) is 0 Å². The van der Waals surface area contributed by atoms with Crippen molar-refractivity contribution in [1.82, 2.24) is 14.7 Å². The third-order valence-electron chi connectivity index (χ3n) is 4.48. The largest absolute Gasteiger partial charge is 0.365 e. The van der Waals surface area contributed by atoms with Crippen LogP contribution in [0, 0.1) is 0 Å². The van der Waals surface area contributed by atoms with Crippen LogP contribution in [0.15, 0.2) is 23.2 Å². The number of hydrogen-bond acceptors (Lipinski definition) is 6. The number of hydrogen-bond donors (Lipinski definition) is 1. The molecule has 0 unspecified atom stereocenters. The summed E-state index contributed by atoms with van der Waals surface area (Å²) in [6.45, 7) is 8.86. The van der Waals surface area contributed by atoms with Gasteiger partial charge in [0.2, 0.25) is 11.6 Å². The SMILES string of the molecule is CCP(=O)(O)CC.O=C1C=C(N2CC2)C(=O)C(N2CC2)=C1N1CC1. The number of rotatable bonds is 5. The molecule has 0 bridgehead atoms. The molecule has 3 aliphatic heterocycles. The third kappa shape index (κ3) is 3.73. The highest BCUT2D eigenvalue weighted by Crippen LogP contribution is 2.38. The van der Waals surface area contributed by atoms with E-state index in [1.807, 2.05) is 14.7 Å². The van der Waals surface area contributed by atoms with Crippen LogP contribution in [0.2, 0.25) is 0 Å². The Kier molecular flexibility index (Phi) is 4.58. The molecule has 1 aliphatic carbocycles. The molecule has 3 saturated heterocycles. The first-order valence-electron chi connectivity index (χ1n) is 8.48. The van der Waals surface area contributed by atoms with Gasteiger partial charge < -0.3 is 19.6 Å². The lowest BCUT2D eigenvalue weighted by molar-refractivity contribution is -0.117. The van der Waals surface area contributed by atoms with Gasteiger partial charge in [0.05, 0.1) is 5.70 Å². The highest BCUT2D eigenvalue weighted by molar-refractivity contribution is 7.57. The predicted octanol–water partition coefficient (Wildman–Crippen LogP) is 0.477. The van der Waals surface area contributed by atoms with Gasteiger partial charge in [0.1, 0.15) is 11.4 Å². The molecule has 4 rings (SSSR count). The zero-order valence-corrected chi connectivity index (χ0v) is 15.1. The summed E-state index contributed by atoms with van der Waals surface area (Å²) in [5.74, 6) is 0.0485. The fourth-order valence-electron chi connectivity index (χ4n) is 2.50. The van der Waals surface area contributed by atoms with E-state index in [9.17, 15) is 14.2 Å². The first-order chi connectivity index (χ1) is 11.4. The molecule has 0 atom stereocenters. The normalized spacial score (nSPS) is 22.3. The maximum atomic E-state index is 12.4. The van der Waals surface area contributed by atoms with Crippen molar-refractivity contribution in [2.45, 2.75) is 13.8 Å². The summed E-state index contributed by atoms with van der Waals surface area (Å²) in [6, 6.07) is 0. The molecule has 8 heteroatoms. The van der Waals surface area contributed by atoms with Crippen molar-refractivity contribution in [2.24, 2.45) is 0 Å². The van der Waals surface area contributed by atoms with E-state index < -0.39 is 7.37 Å². The van der Waals surface area contributed by atoms with Crippen molar-refractivity contribution in [3.05, 3.63) is 23.2 Å². The minimum Gasteiger partial charge on any atom is -0.365 e. The Morgan fingerprint density at radius 2 is 1.38 bits per heavy atom. The Bertz CT molecular complexity index is 665. The van der Waals surface area contributed by atoms with E-state index in [1.165, 1.54) is 6.08 Å². The first kappa shape index (κ1) is 17.2. The van der Waals surface area contributed by atoms with Crippen LogP contribution in [-0.4, -0.2) is 82.8 Å². The molecule has 0 aromatic rings. The van der Waals surface area contributed by atoms with Crippen molar-refractivity contribution in [3.63, 3.8) is 0 Å². The molecule has 132 valence electrons. The summed E-state index contributed by atoms with van der Waals surface area (Å²) in [4.78, 5) is 39.2. The maximum absolute atomic E-state index is 12.4. The molecule has 0 saturated carbocycles. The summed E-state index contributed by atoms with van der Waals surface area (Å²) in [7, 11) is -2.65. The highest BCUT2D eigenvalue weighted by atomic mass is 31.2. The van der Waals surface area contributed by atoms with Crippen LogP contribution in [-0.2, 0) is 14.2 Å². The van der Waals surface area contributed by atoms with Crippen LogP contribution < -0.4 is 0 Å². The van der Waals surface area contributed by atoms with E-state index in [1.54, 1.807) is 13.8 Å². The third-order valence-corrected chi connectivity index (χ3v) is 6.45. The van der Waals surface area contributed by atoms with Crippen LogP contribution in [0.5, 0.6) is 0 Å². The zero-order chi connectivity index (χ0) is 17.5. The van der Waals surface area contributed by atoms with Crippen molar-refractivity contribution >= 4 is 18.9 Å². The second kappa shape index (κ2) is 6.37. The van der Waals surface area contributed by atoms with E-state index >= 15 is 0 Å². The van der Waals surface area contributed by atoms with Gasteiger partial charge in [0.25, 0.3) is 0 Å². The van der Waals surface area contributed by atoms with Crippen LogP contribution in [0.3, 0.4) is 0 Å². The molecular formula is C16H24N3O4P. The van der Waals surface area contributed by atoms with Crippen molar-refractivity contribution in [1.29, 1.82) is 0 Å². The monoisotopic (exact) mass is 353 g/mol. The summed E-state index contributed by atoms with van der Waals surface area (Å²) in [6.07, 6.45) is 2.34. The standard InChI is InChI=1S/C12H13N3O2.C4H11O2P/c16-9-7-8(13-1-2-13)12(17)11(15-5-6-15)10(9)14-3-4-14;1-3-7(5,6)4-2/h7H,1-6H2;3-4H2,1-2H3,(H,5,6). The predicted molar refractivity (Wildman–Crippen MR) is 90.7 cm³/mol. The molecule has 0 amide bonds. The fourth-order valence-corrected chi connectivity index (χ4v) is 2.95. The lowest BCUT2D eigenvalue weighted by Crippen LogP contribution is -2.29. The summed E-state index contributed by atoms with van der Waals surface area (Å²) >= 11 is 0. The van der Waals surface area contributed by atoms with Crippen LogP contribution in [0.4, 0.5) is 0 Å². The highest BCUT2D eigenvalue weighted by Gasteiger charge is 2.43. The number of allylic oxidation sites excluding steroid dienone is 1. The second-order valence-electron chi connectivity index (χ2n) is 6.36. The van der Waals surface area contributed by atoms with Gasteiger partial charge in [-0.3, -0.25) is 14.2 Å². The Morgan fingerprint density at radius 3 is 1.75 bits per heavy atom. The molecule has 3 heterocycles. The lowest BCUT2D eigenvalue weighted by Gasteiger charge is -2.21. The number of nitrogens with zero attached hydrogens (tertiary/aromatic N) is 3. The van der Waals surface area contributed by atoms with Crippen molar-refractivity contribution < 1.29 is 19.0 Å². The van der Waals surface area contributed by atoms with E-state index in [0.29, 0.717) is 29.4 Å². The lowest BCUT2D eigenvalue weighted by atomic mass is 10.0. The Morgan fingerprint density at radius 1 is 0.917 bits per heavy atom. The Balaban J connectivity index is 0.000000209. The van der Waals surface area contributed by atoms with Gasteiger partial charge in [-0.05, 0) is 0 Å². The minimum absolute atomic E-state index is 0.00546.